The molecular weight excluding hydrogens is 268 g/mol. The van der Waals surface area contributed by atoms with Crippen LogP contribution >= 0.6 is 0 Å². The number of hydrogen-bond acceptors (Lipinski definition) is 4. The first kappa shape index (κ1) is 15.7. The third kappa shape index (κ3) is 4.39. The normalized spacial score (nSPS) is 19.4. The van der Waals surface area contributed by atoms with Crippen LogP contribution in [0.1, 0.15) is 43.1 Å². The Morgan fingerprint density at radius 2 is 2.24 bits per heavy atom. The van der Waals surface area contributed by atoms with Gasteiger partial charge in [-0.05, 0) is 38.8 Å². The lowest BCUT2D eigenvalue weighted by atomic mass is 10.0. The number of rotatable bonds is 5. The first-order chi connectivity index (χ1) is 10.1. The van der Waals surface area contributed by atoms with Crippen molar-refractivity contribution in [1.29, 1.82) is 0 Å². The minimum atomic E-state index is -0.225. The molecule has 0 aromatic carbocycles. The number of amides is 1. The fraction of sp³-hybridized carbons (Fsp3) is 0.667. The van der Waals surface area contributed by atoms with Crippen LogP contribution in [0.3, 0.4) is 0 Å². The summed E-state index contributed by atoms with van der Waals surface area (Å²) in [6.45, 7) is 5.08. The Balaban J connectivity index is 1.74. The van der Waals surface area contributed by atoms with Crippen LogP contribution in [0.4, 0.5) is 0 Å². The van der Waals surface area contributed by atoms with E-state index in [-0.39, 0.29) is 17.2 Å². The number of nitrogens with one attached hydrogen (secondary N) is 1. The Morgan fingerprint density at radius 1 is 1.43 bits per heavy atom. The highest BCUT2D eigenvalue weighted by atomic mass is 16.2. The fourth-order valence-electron chi connectivity index (χ4n) is 2.69. The van der Waals surface area contributed by atoms with Gasteiger partial charge in [-0.25, -0.2) is 4.68 Å². The molecule has 2 heterocycles. The third-order valence-electron chi connectivity index (χ3n) is 4.04. The van der Waals surface area contributed by atoms with E-state index in [1.165, 1.54) is 43.1 Å². The van der Waals surface area contributed by atoms with Crippen LogP contribution in [0, 0.1) is 0 Å². The van der Waals surface area contributed by atoms with Gasteiger partial charge in [0.2, 0.25) is 0 Å². The maximum Gasteiger partial charge on any atom is 0.271 e. The Hall–Kier alpha value is -1.69. The number of nitrogens with zero attached hydrogens (tertiary/aromatic N) is 3. The summed E-state index contributed by atoms with van der Waals surface area (Å²) in [5.41, 5.74) is 0.0640. The van der Waals surface area contributed by atoms with E-state index in [0.29, 0.717) is 12.6 Å². The van der Waals surface area contributed by atoms with E-state index in [1.54, 1.807) is 0 Å². The van der Waals surface area contributed by atoms with E-state index in [2.05, 4.69) is 22.2 Å². The molecule has 1 unspecified atom stereocenters. The highest BCUT2D eigenvalue weighted by Crippen LogP contribution is 2.15. The van der Waals surface area contributed by atoms with E-state index in [4.69, 9.17) is 0 Å². The number of carbonyl (C=O) groups excluding carboxylic acids is 1. The highest BCUT2D eigenvalue weighted by Gasteiger charge is 2.17. The SMILES string of the molecule is CC1CCCCN1CCCNC(=O)c1ccc(=O)n(C)n1. The van der Waals surface area contributed by atoms with Gasteiger partial charge in [0.25, 0.3) is 11.5 Å². The maximum absolute atomic E-state index is 11.9. The zero-order valence-electron chi connectivity index (χ0n) is 12.8. The van der Waals surface area contributed by atoms with E-state index >= 15 is 0 Å². The van der Waals surface area contributed by atoms with Crippen LogP contribution in [0.2, 0.25) is 0 Å². The van der Waals surface area contributed by atoms with Crippen LogP contribution in [-0.4, -0.2) is 46.3 Å². The number of aryl methyl sites for hydroxylation is 1. The zero-order valence-corrected chi connectivity index (χ0v) is 12.8. The predicted molar refractivity (Wildman–Crippen MR) is 81.3 cm³/mol. The molecule has 1 saturated heterocycles. The summed E-state index contributed by atoms with van der Waals surface area (Å²) >= 11 is 0. The van der Waals surface area contributed by atoms with Gasteiger partial charge in [0.1, 0.15) is 5.69 Å². The molecule has 1 aliphatic heterocycles. The van der Waals surface area contributed by atoms with Crippen molar-refractivity contribution < 1.29 is 4.79 Å². The Bertz CT molecular complexity index is 541. The molecule has 1 fully saturated rings. The van der Waals surface area contributed by atoms with Gasteiger partial charge in [0.15, 0.2) is 0 Å². The van der Waals surface area contributed by atoms with Crippen LogP contribution in [-0.2, 0) is 7.05 Å². The first-order valence-corrected chi connectivity index (χ1v) is 7.64. The number of likely N-dealkylation sites (tertiary alicyclic amines) is 1. The average molecular weight is 292 g/mol. The van der Waals surface area contributed by atoms with Gasteiger partial charge in [-0.2, -0.15) is 5.10 Å². The third-order valence-corrected chi connectivity index (χ3v) is 4.04. The van der Waals surface area contributed by atoms with Crippen LogP contribution < -0.4 is 10.9 Å². The molecule has 0 aliphatic carbocycles. The number of piperidine rings is 1. The number of aromatic nitrogens is 2. The second-order valence-electron chi connectivity index (χ2n) is 5.67. The molecule has 116 valence electrons. The van der Waals surface area contributed by atoms with Crippen molar-refractivity contribution in [3.05, 3.63) is 28.2 Å². The van der Waals surface area contributed by atoms with Crippen LogP contribution in [0.15, 0.2) is 16.9 Å². The summed E-state index contributed by atoms with van der Waals surface area (Å²) in [7, 11) is 1.54. The van der Waals surface area contributed by atoms with Crippen molar-refractivity contribution in [2.24, 2.45) is 7.05 Å². The van der Waals surface area contributed by atoms with E-state index < -0.39 is 0 Å². The number of carbonyl (C=O) groups is 1. The molecule has 1 amide bonds. The lowest BCUT2D eigenvalue weighted by Gasteiger charge is -2.33. The molecule has 0 bridgehead atoms. The molecule has 0 radical (unpaired) electrons. The molecule has 1 aliphatic rings. The van der Waals surface area contributed by atoms with Crippen LogP contribution in [0.25, 0.3) is 0 Å². The van der Waals surface area contributed by atoms with Gasteiger partial charge >= 0.3 is 0 Å². The average Bonchev–Trinajstić information content (AvgIpc) is 2.48. The smallest absolute Gasteiger partial charge is 0.271 e. The maximum atomic E-state index is 11.9. The minimum Gasteiger partial charge on any atom is -0.351 e. The Morgan fingerprint density at radius 3 is 2.95 bits per heavy atom. The minimum absolute atomic E-state index is 0.217. The molecule has 1 atom stereocenters. The summed E-state index contributed by atoms with van der Waals surface area (Å²) in [6.07, 6.45) is 4.81. The quantitative estimate of drug-likeness (QED) is 0.814. The molecule has 6 heteroatoms. The Labute approximate surface area is 125 Å². The lowest BCUT2D eigenvalue weighted by Crippen LogP contribution is -2.39. The molecule has 0 saturated carbocycles. The molecule has 2 rings (SSSR count). The largest absolute Gasteiger partial charge is 0.351 e. The van der Waals surface area contributed by atoms with Gasteiger partial charge in [0.05, 0.1) is 0 Å². The van der Waals surface area contributed by atoms with E-state index in [0.717, 1.165) is 19.5 Å². The van der Waals surface area contributed by atoms with Crippen LogP contribution in [0.5, 0.6) is 0 Å². The molecule has 1 N–H and O–H groups in total. The fourth-order valence-corrected chi connectivity index (χ4v) is 2.69. The number of hydrogen-bond donors (Lipinski definition) is 1. The summed E-state index contributed by atoms with van der Waals surface area (Å²) in [5.74, 6) is -0.225. The molecule has 21 heavy (non-hydrogen) atoms. The van der Waals surface area contributed by atoms with Crippen molar-refractivity contribution in [3.8, 4) is 0 Å². The van der Waals surface area contributed by atoms with Crippen molar-refractivity contribution >= 4 is 5.91 Å². The Kier molecular flexibility index (Phi) is 5.50. The predicted octanol–water partition coefficient (Wildman–Crippen LogP) is 0.775. The topological polar surface area (TPSA) is 67.2 Å². The summed E-state index contributed by atoms with van der Waals surface area (Å²) in [4.78, 5) is 25.6. The molecule has 1 aromatic rings. The van der Waals surface area contributed by atoms with Gasteiger partial charge in [-0.3, -0.25) is 9.59 Å². The lowest BCUT2D eigenvalue weighted by molar-refractivity contribution is 0.0941. The molecule has 1 aromatic heterocycles. The second-order valence-corrected chi connectivity index (χ2v) is 5.67. The second kappa shape index (κ2) is 7.36. The van der Waals surface area contributed by atoms with Crippen molar-refractivity contribution in [2.75, 3.05) is 19.6 Å². The van der Waals surface area contributed by atoms with Gasteiger partial charge in [-0.15, -0.1) is 0 Å². The monoisotopic (exact) mass is 292 g/mol. The zero-order chi connectivity index (χ0) is 15.2. The standard InChI is InChI=1S/C15H24N4O2/c1-12-6-3-4-10-19(12)11-5-9-16-15(21)13-7-8-14(20)18(2)17-13/h7-8,12H,3-6,9-11H2,1-2H3,(H,16,21). The van der Waals surface area contributed by atoms with Gasteiger partial charge < -0.3 is 10.2 Å². The summed E-state index contributed by atoms with van der Waals surface area (Å²) in [5, 5.41) is 6.79. The van der Waals surface area contributed by atoms with Crippen molar-refractivity contribution in [3.63, 3.8) is 0 Å². The first-order valence-electron chi connectivity index (χ1n) is 7.64. The van der Waals surface area contributed by atoms with Crippen molar-refractivity contribution in [1.82, 2.24) is 20.0 Å². The van der Waals surface area contributed by atoms with Gasteiger partial charge in [0, 0.05) is 32.2 Å². The van der Waals surface area contributed by atoms with Gasteiger partial charge in [-0.1, -0.05) is 6.42 Å². The van der Waals surface area contributed by atoms with E-state index in [9.17, 15) is 9.59 Å². The molecular formula is C15H24N4O2. The molecule has 0 spiro atoms. The van der Waals surface area contributed by atoms with Crippen molar-refractivity contribution in [2.45, 2.75) is 38.6 Å². The highest BCUT2D eigenvalue weighted by molar-refractivity contribution is 5.91. The van der Waals surface area contributed by atoms with E-state index in [1.807, 2.05) is 0 Å². The summed E-state index contributed by atoms with van der Waals surface area (Å²) in [6, 6.07) is 3.47. The molecule has 6 nitrogen and oxygen atoms in total. The summed E-state index contributed by atoms with van der Waals surface area (Å²) < 4.78 is 1.17.